The molecule has 0 aliphatic rings. The third-order valence-electron chi connectivity index (χ3n) is 4.71. The van der Waals surface area contributed by atoms with Crippen molar-refractivity contribution >= 4 is 33.2 Å². The Labute approximate surface area is 184 Å². The van der Waals surface area contributed by atoms with Crippen molar-refractivity contribution in [1.82, 2.24) is 5.32 Å². The third-order valence-corrected chi connectivity index (χ3v) is 6.82. The van der Waals surface area contributed by atoms with Crippen LogP contribution in [0, 0.1) is 18.6 Å². The highest BCUT2D eigenvalue weighted by atomic mass is 35.5. The third kappa shape index (κ3) is 5.03. The number of benzene rings is 3. The van der Waals surface area contributed by atoms with Gasteiger partial charge in [-0.2, -0.15) is 0 Å². The number of anilines is 1. The minimum absolute atomic E-state index is 0.0194. The van der Waals surface area contributed by atoms with Crippen LogP contribution in [0.25, 0.3) is 0 Å². The molecular formula is C22H19ClF2N2O3S. The van der Waals surface area contributed by atoms with E-state index < -0.39 is 21.7 Å². The molecule has 0 aliphatic heterocycles. The first-order chi connectivity index (χ1) is 14.6. The summed E-state index contributed by atoms with van der Waals surface area (Å²) in [5, 5.41) is 2.73. The molecule has 0 radical (unpaired) electrons. The molecule has 162 valence electrons. The quantitative estimate of drug-likeness (QED) is 0.576. The molecule has 3 rings (SSSR count). The Morgan fingerprint density at radius 1 is 1.03 bits per heavy atom. The Balaban J connectivity index is 1.83. The fourth-order valence-corrected chi connectivity index (χ4v) is 4.31. The summed E-state index contributed by atoms with van der Waals surface area (Å²) in [5.41, 5.74) is 1.37. The number of amides is 1. The van der Waals surface area contributed by atoms with Crippen LogP contribution in [0.3, 0.4) is 0 Å². The van der Waals surface area contributed by atoms with Crippen LogP contribution in [0.15, 0.2) is 65.6 Å². The average molecular weight is 465 g/mol. The summed E-state index contributed by atoms with van der Waals surface area (Å²) < 4.78 is 53.5. The molecular weight excluding hydrogens is 446 g/mol. The molecule has 1 amide bonds. The second-order valence-electron chi connectivity index (χ2n) is 6.86. The highest BCUT2D eigenvalue weighted by Gasteiger charge is 2.24. The molecule has 1 N–H and O–H groups in total. The van der Waals surface area contributed by atoms with Crippen molar-refractivity contribution in [3.63, 3.8) is 0 Å². The summed E-state index contributed by atoms with van der Waals surface area (Å²) in [6, 6.07) is 13.2. The van der Waals surface area contributed by atoms with Gasteiger partial charge in [-0.05, 0) is 66.6 Å². The summed E-state index contributed by atoms with van der Waals surface area (Å²) in [7, 11) is -2.70. The number of carbonyl (C=O) groups excluding carboxylic acids is 1. The highest BCUT2D eigenvalue weighted by molar-refractivity contribution is 7.92. The predicted molar refractivity (Wildman–Crippen MR) is 116 cm³/mol. The van der Waals surface area contributed by atoms with Gasteiger partial charge in [0, 0.05) is 13.6 Å². The second kappa shape index (κ2) is 9.03. The predicted octanol–water partition coefficient (Wildman–Crippen LogP) is 4.68. The Morgan fingerprint density at radius 3 is 2.35 bits per heavy atom. The zero-order valence-corrected chi connectivity index (χ0v) is 18.3. The fraction of sp³-hybridized carbons (Fsp3) is 0.136. The van der Waals surface area contributed by atoms with E-state index in [2.05, 4.69) is 5.32 Å². The number of sulfonamides is 1. The minimum atomic E-state index is -4.02. The molecule has 0 bridgehead atoms. The molecule has 5 nitrogen and oxygen atoms in total. The molecule has 0 aromatic heterocycles. The number of nitrogens with one attached hydrogen (secondary N) is 1. The van der Waals surface area contributed by atoms with Gasteiger partial charge in [0.15, 0.2) is 0 Å². The molecule has 3 aromatic carbocycles. The summed E-state index contributed by atoms with van der Waals surface area (Å²) in [6.07, 6.45) is 0. The van der Waals surface area contributed by atoms with E-state index >= 15 is 0 Å². The van der Waals surface area contributed by atoms with Crippen LogP contribution in [-0.2, 0) is 16.6 Å². The summed E-state index contributed by atoms with van der Waals surface area (Å²) >= 11 is 6.12. The average Bonchev–Trinajstić information content (AvgIpc) is 2.74. The first-order valence-electron chi connectivity index (χ1n) is 9.17. The van der Waals surface area contributed by atoms with Crippen molar-refractivity contribution in [1.29, 1.82) is 0 Å². The molecule has 31 heavy (non-hydrogen) atoms. The molecule has 0 saturated carbocycles. The first-order valence-corrected chi connectivity index (χ1v) is 11.0. The van der Waals surface area contributed by atoms with Crippen LogP contribution in [0.4, 0.5) is 14.5 Å². The van der Waals surface area contributed by atoms with Crippen LogP contribution in [0.1, 0.15) is 21.5 Å². The number of halogens is 3. The van der Waals surface area contributed by atoms with E-state index in [1.165, 1.54) is 43.4 Å². The van der Waals surface area contributed by atoms with Gasteiger partial charge < -0.3 is 5.32 Å². The zero-order valence-electron chi connectivity index (χ0n) is 16.7. The lowest BCUT2D eigenvalue weighted by Crippen LogP contribution is -2.27. The smallest absolute Gasteiger partial charge is 0.264 e. The van der Waals surface area contributed by atoms with Crippen LogP contribution in [0.2, 0.25) is 5.02 Å². The number of hydrogen-bond acceptors (Lipinski definition) is 3. The largest absolute Gasteiger partial charge is 0.348 e. The minimum Gasteiger partial charge on any atom is -0.348 e. The topological polar surface area (TPSA) is 66.5 Å². The SMILES string of the molecule is Cc1cc(CNC(=O)c2cc(S(=O)(=O)N(C)c3ccc(F)cc3)ccc2Cl)ccc1F. The van der Waals surface area contributed by atoms with E-state index in [4.69, 9.17) is 11.6 Å². The normalized spacial score (nSPS) is 11.3. The van der Waals surface area contributed by atoms with Gasteiger partial charge in [0.1, 0.15) is 11.6 Å². The standard InChI is InChI=1S/C22H19ClF2N2O3S/c1-14-11-15(3-10-21(14)25)13-26-22(28)19-12-18(8-9-20(19)23)31(29,30)27(2)17-6-4-16(24)5-7-17/h3-12H,13H2,1-2H3,(H,26,28). The Morgan fingerprint density at radius 2 is 1.71 bits per heavy atom. The molecule has 3 aromatic rings. The van der Waals surface area contributed by atoms with Gasteiger partial charge in [-0.15, -0.1) is 0 Å². The Hall–Kier alpha value is -2.97. The monoisotopic (exact) mass is 464 g/mol. The lowest BCUT2D eigenvalue weighted by molar-refractivity contribution is 0.0951. The summed E-state index contributed by atoms with van der Waals surface area (Å²) in [6.45, 7) is 1.73. The van der Waals surface area contributed by atoms with Crippen LogP contribution >= 0.6 is 11.6 Å². The van der Waals surface area contributed by atoms with Crippen molar-refractivity contribution in [2.45, 2.75) is 18.4 Å². The van der Waals surface area contributed by atoms with Crippen LogP contribution in [0.5, 0.6) is 0 Å². The van der Waals surface area contributed by atoms with Gasteiger partial charge in [-0.1, -0.05) is 23.7 Å². The van der Waals surface area contributed by atoms with E-state index in [0.29, 0.717) is 11.1 Å². The van der Waals surface area contributed by atoms with Crippen molar-refractivity contribution < 1.29 is 22.0 Å². The van der Waals surface area contributed by atoms with Crippen molar-refractivity contribution in [2.24, 2.45) is 0 Å². The molecule has 0 unspecified atom stereocenters. The number of rotatable bonds is 6. The molecule has 0 atom stereocenters. The maximum Gasteiger partial charge on any atom is 0.264 e. The zero-order chi connectivity index (χ0) is 22.8. The number of carbonyl (C=O) groups is 1. The lowest BCUT2D eigenvalue weighted by Gasteiger charge is -2.20. The van der Waals surface area contributed by atoms with Crippen molar-refractivity contribution in [3.8, 4) is 0 Å². The van der Waals surface area contributed by atoms with E-state index in [0.717, 1.165) is 16.4 Å². The van der Waals surface area contributed by atoms with Gasteiger partial charge in [0.25, 0.3) is 15.9 Å². The first kappa shape index (κ1) is 22.7. The fourth-order valence-electron chi connectivity index (χ4n) is 2.88. The van der Waals surface area contributed by atoms with Gasteiger partial charge in [-0.3, -0.25) is 9.10 Å². The van der Waals surface area contributed by atoms with E-state index in [1.54, 1.807) is 19.1 Å². The lowest BCUT2D eigenvalue weighted by atomic mass is 10.1. The van der Waals surface area contributed by atoms with Crippen molar-refractivity contribution in [3.05, 3.63) is 94.0 Å². The Bertz CT molecular complexity index is 1230. The highest BCUT2D eigenvalue weighted by Crippen LogP contribution is 2.26. The molecule has 0 spiro atoms. The van der Waals surface area contributed by atoms with E-state index in [9.17, 15) is 22.0 Å². The van der Waals surface area contributed by atoms with E-state index in [-0.39, 0.29) is 33.5 Å². The second-order valence-corrected chi connectivity index (χ2v) is 9.23. The summed E-state index contributed by atoms with van der Waals surface area (Å²) in [4.78, 5) is 12.5. The Kier molecular flexibility index (Phi) is 6.62. The van der Waals surface area contributed by atoms with Gasteiger partial charge in [0.2, 0.25) is 0 Å². The number of aryl methyl sites for hydroxylation is 1. The maximum atomic E-state index is 13.4. The maximum absolute atomic E-state index is 13.4. The molecule has 0 heterocycles. The van der Waals surface area contributed by atoms with Crippen LogP contribution in [-0.4, -0.2) is 21.4 Å². The number of hydrogen-bond donors (Lipinski definition) is 1. The van der Waals surface area contributed by atoms with Gasteiger partial charge in [-0.25, -0.2) is 17.2 Å². The van der Waals surface area contributed by atoms with Gasteiger partial charge >= 0.3 is 0 Å². The van der Waals surface area contributed by atoms with Crippen molar-refractivity contribution in [2.75, 3.05) is 11.4 Å². The molecule has 0 saturated heterocycles. The van der Waals surface area contributed by atoms with Crippen LogP contribution < -0.4 is 9.62 Å². The number of nitrogens with zero attached hydrogens (tertiary/aromatic N) is 1. The molecule has 0 aliphatic carbocycles. The molecule has 0 fully saturated rings. The molecule has 9 heteroatoms. The van der Waals surface area contributed by atoms with E-state index in [1.807, 2.05) is 0 Å². The van der Waals surface area contributed by atoms with Gasteiger partial charge in [0.05, 0.1) is 21.2 Å². The summed E-state index contributed by atoms with van der Waals surface area (Å²) in [5.74, 6) is -1.41.